The van der Waals surface area contributed by atoms with Crippen LogP contribution in [-0.2, 0) is 22.5 Å². The summed E-state index contributed by atoms with van der Waals surface area (Å²) in [6.45, 7) is 3.97. The van der Waals surface area contributed by atoms with Crippen LogP contribution in [0.25, 0.3) is 0 Å². The minimum absolute atomic E-state index is 0.201. The van der Waals surface area contributed by atoms with Gasteiger partial charge in [0, 0.05) is 18.7 Å². The van der Waals surface area contributed by atoms with Crippen molar-refractivity contribution in [2.24, 2.45) is 0 Å². The Hall–Kier alpha value is -1.43. The van der Waals surface area contributed by atoms with Crippen LogP contribution in [0.5, 0.6) is 0 Å². The average Bonchev–Trinajstić information content (AvgIpc) is 2.38. The van der Waals surface area contributed by atoms with Gasteiger partial charge in [0.1, 0.15) is 0 Å². The number of esters is 1. The highest BCUT2D eigenvalue weighted by Gasteiger charge is 2.19. The summed E-state index contributed by atoms with van der Waals surface area (Å²) >= 11 is 0. The molecule has 0 atom stereocenters. The lowest BCUT2D eigenvalue weighted by atomic mass is 9.97. The molecule has 0 unspecified atom stereocenters. The molecule has 0 bridgehead atoms. The Kier molecular flexibility index (Phi) is 4.52. The predicted molar refractivity (Wildman–Crippen MR) is 69.2 cm³/mol. The average molecular weight is 265 g/mol. The van der Waals surface area contributed by atoms with E-state index >= 15 is 0 Å². The van der Waals surface area contributed by atoms with E-state index in [9.17, 15) is 4.79 Å². The van der Waals surface area contributed by atoms with Gasteiger partial charge in [-0.2, -0.15) is 0 Å². The van der Waals surface area contributed by atoms with E-state index < -0.39 is 6.29 Å². The molecule has 1 aromatic carbocycles. The van der Waals surface area contributed by atoms with Gasteiger partial charge in [-0.05, 0) is 24.5 Å². The molecule has 1 aliphatic rings. The maximum atomic E-state index is 11.4. The fourth-order valence-electron chi connectivity index (χ4n) is 2.32. The van der Waals surface area contributed by atoms with Crippen molar-refractivity contribution in [3.63, 3.8) is 0 Å². The van der Waals surface area contributed by atoms with E-state index in [2.05, 4.69) is 0 Å². The molecule has 104 valence electrons. The lowest BCUT2D eigenvalue weighted by Crippen LogP contribution is -2.35. The predicted octanol–water partition coefficient (Wildman–Crippen LogP) is 0.591. The number of carbonyl (C=O) groups is 1. The van der Waals surface area contributed by atoms with Crippen LogP contribution in [0.15, 0.2) is 18.2 Å². The standard InChI is InChI=1S/C14H19NO4/c1-2-19-13(16)9-15-6-5-10-7-11(14(17)18)3-4-12(10)8-15/h3-4,7,14,17-18H,2,5-6,8-9H2,1H3. The lowest BCUT2D eigenvalue weighted by Gasteiger charge is -2.28. The van der Waals surface area contributed by atoms with Crippen LogP contribution in [0.4, 0.5) is 0 Å². The number of carbonyl (C=O) groups excluding carboxylic acids is 1. The molecule has 0 saturated heterocycles. The number of hydrogen-bond donors (Lipinski definition) is 2. The molecule has 1 aromatic rings. The first kappa shape index (κ1) is 14.0. The smallest absolute Gasteiger partial charge is 0.320 e. The van der Waals surface area contributed by atoms with Crippen molar-refractivity contribution in [1.29, 1.82) is 0 Å². The minimum Gasteiger partial charge on any atom is -0.465 e. The first-order valence-electron chi connectivity index (χ1n) is 6.46. The van der Waals surface area contributed by atoms with Crippen LogP contribution in [0.1, 0.15) is 29.9 Å². The third-order valence-corrected chi connectivity index (χ3v) is 3.28. The molecule has 1 heterocycles. The molecule has 2 N–H and O–H groups in total. The second-order valence-corrected chi connectivity index (χ2v) is 4.67. The maximum absolute atomic E-state index is 11.4. The van der Waals surface area contributed by atoms with Crippen molar-refractivity contribution in [2.75, 3.05) is 19.7 Å². The van der Waals surface area contributed by atoms with Gasteiger partial charge in [0.25, 0.3) is 0 Å². The fourth-order valence-corrected chi connectivity index (χ4v) is 2.32. The van der Waals surface area contributed by atoms with Crippen LogP contribution in [-0.4, -0.2) is 40.8 Å². The van der Waals surface area contributed by atoms with Gasteiger partial charge in [0.05, 0.1) is 13.2 Å². The number of fused-ring (bicyclic) bond motifs is 1. The van der Waals surface area contributed by atoms with Crippen LogP contribution >= 0.6 is 0 Å². The molecule has 2 rings (SSSR count). The Bertz CT molecular complexity index is 459. The summed E-state index contributed by atoms with van der Waals surface area (Å²) in [4.78, 5) is 13.5. The highest BCUT2D eigenvalue weighted by molar-refractivity contribution is 5.71. The van der Waals surface area contributed by atoms with Crippen molar-refractivity contribution in [2.45, 2.75) is 26.2 Å². The Balaban J connectivity index is 2.02. The Morgan fingerprint density at radius 3 is 2.89 bits per heavy atom. The van der Waals surface area contributed by atoms with Gasteiger partial charge < -0.3 is 14.9 Å². The molecule has 0 saturated carbocycles. The second-order valence-electron chi connectivity index (χ2n) is 4.67. The SMILES string of the molecule is CCOC(=O)CN1CCc2cc(C(O)O)ccc2C1. The van der Waals surface area contributed by atoms with Gasteiger partial charge in [0.15, 0.2) is 6.29 Å². The topological polar surface area (TPSA) is 70.0 Å². The molecule has 0 spiro atoms. The number of benzene rings is 1. The number of ether oxygens (including phenoxy) is 1. The molecule has 0 aliphatic carbocycles. The zero-order valence-corrected chi connectivity index (χ0v) is 11.0. The van der Waals surface area contributed by atoms with Gasteiger partial charge >= 0.3 is 5.97 Å². The van der Waals surface area contributed by atoms with Gasteiger partial charge in [-0.3, -0.25) is 9.69 Å². The monoisotopic (exact) mass is 265 g/mol. The van der Waals surface area contributed by atoms with Crippen LogP contribution < -0.4 is 0 Å². The number of rotatable bonds is 4. The number of aliphatic hydroxyl groups excluding tert-OH is 1. The first-order valence-corrected chi connectivity index (χ1v) is 6.46. The van der Waals surface area contributed by atoms with Gasteiger partial charge in [0.2, 0.25) is 0 Å². The molecule has 0 radical (unpaired) electrons. The number of nitrogens with zero attached hydrogens (tertiary/aromatic N) is 1. The van der Waals surface area contributed by atoms with Crippen molar-refractivity contribution in [1.82, 2.24) is 4.90 Å². The molecule has 0 fully saturated rings. The van der Waals surface area contributed by atoms with Crippen molar-refractivity contribution in [3.8, 4) is 0 Å². The van der Waals surface area contributed by atoms with E-state index in [1.165, 1.54) is 0 Å². The molecule has 0 amide bonds. The van der Waals surface area contributed by atoms with E-state index in [4.69, 9.17) is 14.9 Å². The van der Waals surface area contributed by atoms with Crippen LogP contribution in [0.3, 0.4) is 0 Å². The first-order chi connectivity index (χ1) is 9.10. The Morgan fingerprint density at radius 1 is 1.42 bits per heavy atom. The quantitative estimate of drug-likeness (QED) is 0.616. The molecule has 5 nitrogen and oxygen atoms in total. The van der Waals surface area contributed by atoms with E-state index in [-0.39, 0.29) is 5.97 Å². The summed E-state index contributed by atoms with van der Waals surface area (Å²) < 4.78 is 4.94. The maximum Gasteiger partial charge on any atom is 0.320 e. The van der Waals surface area contributed by atoms with Gasteiger partial charge in [-0.15, -0.1) is 0 Å². The zero-order valence-electron chi connectivity index (χ0n) is 11.0. The third kappa shape index (κ3) is 3.53. The lowest BCUT2D eigenvalue weighted by molar-refractivity contribution is -0.144. The van der Waals surface area contributed by atoms with Crippen molar-refractivity contribution >= 4 is 5.97 Å². The largest absolute Gasteiger partial charge is 0.465 e. The van der Waals surface area contributed by atoms with Gasteiger partial charge in [-0.1, -0.05) is 18.2 Å². The summed E-state index contributed by atoms with van der Waals surface area (Å²) in [5.41, 5.74) is 2.75. The molecular weight excluding hydrogens is 246 g/mol. The zero-order chi connectivity index (χ0) is 13.8. The molecule has 0 aromatic heterocycles. The summed E-state index contributed by atoms with van der Waals surface area (Å²) in [5.74, 6) is -0.201. The Morgan fingerprint density at radius 2 is 2.21 bits per heavy atom. The minimum atomic E-state index is -1.43. The molecule has 19 heavy (non-hydrogen) atoms. The van der Waals surface area contributed by atoms with Crippen molar-refractivity contribution < 1.29 is 19.7 Å². The van der Waals surface area contributed by atoms with Crippen LogP contribution in [0, 0.1) is 0 Å². The summed E-state index contributed by atoms with van der Waals surface area (Å²) in [6.07, 6.45) is -0.627. The van der Waals surface area contributed by atoms with E-state index in [1.54, 1.807) is 13.0 Å². The van der Waals surface area contributed by atoms with Crippen molar-refractivity contribution in [3.05, 3.63) is 34.9 Å². The Labute approximate surface area is 112 Å². The molecule has 5 heteroatoms. The second kappa shape index (κ2) is 6.14. The highest BCUT2D eigenvalue weighted by atomic mass is 16.5. The third-order valence-electron chi connectivity index (χ3n) is 3.28. The van der Waals surface area contributed by atoms with E-state index in [1.807, 2.05) is 17.0 Å². The molecular formula is C14H19NO4. The number of hydrogen-bond acceptors (Lipinski definition) is 5. The fraction of sp³-hybridized carbons (Fsp3) is 0.500. The van der Waals surface area contributed by atoms with E-state index in [0.29, 0.717) is 25.3 Å². The van der Waals surface area contributed by atoms with Crippen LogP contribution in [0.2, 0.25) is 0 Å². The number of aliphatic hydroxyl groups is 2. The molecule has 1 aliphatic heterocycles. The summed E-state index contributed by atoms with van der Waals surface area (Å²) in [6, 6.07) is 5.42. The highest BCUT2D eigenvalue weighted by Crippen LogP contribution is 2.22. The van der Waals surface area contributed by atoms with E-state index in [0.717, 1.165) is 24.1 Å². The summed E-state index contributed by atoms with van der Waals surface area (Å²) in [7, 11) is 0. The van der Waals surface area contributed by atoms with Gasteiger partial charge in [-0.25, -0.2) is 0 Å². The normalized spacial score (nSPS) is 15.4. The summed E-state index contributed by atoms with van der Waals surface area (Å²) in [5, 5.41) is 18.3.